The lowest BCUT2D eigenvalue weighted by atomic mass is 10.1. The van der Waals surface area contributed by atoms with E-state index >= 15 is 0 Å². The van der Waals surface area contributed by atoms with E-state index in [0.717, 1.165) is 26.2 Å². The van der Waals surface area contributed by atoms with E-state index in [2.05, 4.69) is 42.8 Å². The van der Waals surface area contributed by atoms with Gasteiger partial charge >= 0.3 is 0 Å². The first-order valence-electron chi connectivity index (χ1n) is 9.00. The molecule has 0 aromatic rings. The second kappa shape index (κ2) is 11.4. The van der Waals surface area contributed by atoms with Crippen LogP contribution in [0.25, 0.3) is 0 Å². The fourth-order valence-corrected chi connectivity index (χ4v) is 3.06. The summed E-state index contributed by atoms with van der Waals surface area (Å²) in [5, 5.41) is 3.63. The number of ether oxygens (including phenoxy) is 1. The number of likely N-dealkylation sites (N-methyl/N-ethyl adjacent to an activating group) is 1. The summed E-state index contributed by atoms with van der Waals surface area (Å²) < 4.78 is 5.73. The lowest BCUT2D eigenvalue weighted by Gasteiger charge is -2.25. The molecular weight excluding hydrogens is 262 g/mol. The molecular formula is C17H37N3O. The molecule has 4 heteroatoms. The van der Waals surface area contributed by atoms with Gasteiger partial charge in [-0.1, -0.05) is 20.8 Å². The van der Waals surface area contributed by atoms with Crippen molar-refractivity contribution >= 4 is 0 Å². The molecule has 1 saturated heterocycles. The molecule has 1 heterocycles. The van der Waals surface area contributed by atoms with E-state index in [9.17, 15) is 0 Å². The molecule has 0 spiro atoms. The smallest absolute Gasteiger partial charge is 0.0726 e. The van der Waals surface area contributed by atoms with Gasteiger partial charge < -0.3 is 19.9 Å². The molecule has 0 radical (unpaired) electrons. The van der Waals surface area contributed by atoms with Gasteiger partial charge in [-0.25, -0.2) is 0 Å². The molecule has 1 aliphatic heterocycles. The lowest BCUT2D eigenvalue weighted by Crippen LogP contribution is -2.42. The van der Waals surface area contributed by atoms with Gasteiger partial charge in [0.15, 0.2) is 0 Å². The van der Waals surface area contributed by atoms with Crippen LogP contribution in [0.15, 0.2) is 0 Å². The lowest BCUT2D eigenvalue weighted by molar-refractivity contribution is 0.0826. The van der Waals surface area contributed by atoms with Gasteiger partial charge in [0, 0.05) is 25.7 Å². The molecule has 1 rings (SSSR count). The molecule has 126 valence electrons. The zero-order valence-electron chi connectivity index (χ0n) is 14.7. The molecule has 2 atom stereocenters. The van der Waals surface area contributed by atoms with Gasteiger partial charge in [0.25, 0.3) is 0 Å². The summed E-state index contributed by atoms with van der Waals surface area (Å²) in [6.07, 6.45) is 4.15. The number of nitrogens with zero attached hydrogens (tertiary/aromatic N) is 2. The number of hydrogen-bond donors (Lipinski definition) is 1. The van der Waals surface area contributed by atoms with Gasteiger partial charge in [-0.05, 0) is 58.9 Å². The van der Waals surface area contributed by atoms with E-state index in [4.69, 9.17) is 4.74 Å². The zero-order valence-corrected chi connectivity index (χ0v) is 14.7. The van der Waals surface area contributed by atoms with Crippen LogP contribution in [0.3, 0.4) is 0 Å². The Morgan fingerprint density at radius 2 is 1.71 bits per heavy atom. The third-order valence-electron chi connectivity index (χ3n) is 4.71. The largest absolute Gasteiger partial charge is 0.377 e. The summed E-state index contributed by atoms with van der Waals surface area (Å²) in [5.41, 5.74) is 0. The average Bonchev–Trinajstić information content (AvgIpc) is 3.04. The van der Waals surface area contributed by atoms with Crippen LogP contribution in [0.1, 0.15) is 47.0 Å². The Hall–Kier alpha value is -0.160. The summed E-state index contributed by atoms with van der Waals surface area (Å²) in [6.45, 7) is 18.1. The second-order valence-electron chi connectivity index (χ2n) is 6.11. The Labute approximate surface area is 132 Å². The van der Waals surface area contributed by atoms with E-state index < -0.39 is 0 Å². The quantitative estimate of drug-likeness (QED) is 0.598. The Bertz CT molecular complexity index is 240. The molecule has 1 N–H and O–H groups in total. The van der Waals surface area contributed by atoms with Gasteiger partial charge in [-0.15, -0.1) is 0 Å². The van der Waals surface area contributed by atoms with Crippen molar-refractivity contribution in [1.82, 2.24) is 15.1 Å². The highest BCUT2D eigenvalue weighted by Crippen LogP contribution is 2.15. The maximum absolute atomic E-state index is 5.73. The summed E-state index contributed by atoms with van der Waals surface area (Å²) in [7, 11) is 0. The molecule has 21 heavy (non-hydrogen) atoms. The maximum Gasteiger partial charge on any atom is 0.0726 e. The molecule has 4 nitrogen and oxygen atoms in total. The van der Waals surface area contributed by atoms with E-state index in [1.807, 2.05) is 0 Å². The Morgan fingerprint density at radius 3 is 2.29 bits per heavy atom. The van der Waals surface area contributed by atoms with Gasteiger partial charge in [-0.3, -0.25) is 0 Å². The average molecular weight is 300 g/mol. The van der Waals surface area contributed by atoms with Crippen molar-refractivity contribution in [3.63, 3.8) is 0 Å². The van der Waals surface area contributed by atoms with E-state index in [1.54, 1.807) is 0 Å². The van der Waals surface area contributed by atoms with Gasteiger partial charge in [0.05, 0.1) is 6.10 Å². The highest BCUT2D eigenvalue weighted by atomic mass is 16.5. The molecule has 0 amide bonds. The minimum atomic E-state index is 0.433. The van der Waals surface area contributed by atoms with Crippen LogP contribution in [0.2, 0.25) is 0 Å². The summed E-state index contributed by atoms with van der Waals surface area (Å²) in [5.74, 6) is 0. The van der Waals surface area contributed by atoms with Crippen molar-refractivity contribution in [3.8, 4) is 0 Å². The minimum Gasteiger partial charge on any atom is -0.377 e. The fourth-order valence-electron chi connectivity index (χ4n) is 3.06. The predicted octanol–water partition coefficient (Wildman–Crippen LogP) is 2.20. The van der Waals surface area contributed by atoms with Crippen LogP contribution in [0.4, 0.5) is 0 Å². The van der Waals surface area contributed by atoms with Crippen LogP contribution in [-0.4, -0.2) is 74.4 Å². The fraction of sp³-hybridized carbons (Fsp3) is 1.00. The second-order valence-corrected chi connectivity index (χ2v) is 6.11. The number of rotatable bonds is 12. The van der Waals surface area contributed by atoms with E-state index in [0.29, 0.717) is 12.1 Å². The maximum atomic E-state index is 5.73. The van der Waals surface area contributed by atoms with Gasteiger partial charge in [0.2, 0.25) is 0 Å². The number of hydrogen-bond acceptors (Lipinski definition) is 4. The number of nitrogens with one attached hydrogen (secondary N) is 1. The first-order chi connectivity index (χ1) is 10.2. The van der Waals surface area contributed by atoms with Crippen LogP contribution >= 0.6 is 0 Å². The summed E-state index contributed by atoms with van der Waals surface area (Å²) >= 11 is 0. The van der Waals surface area contributed by atoms with Crippen LogP contribution < -0.4 is 5.32 Å². The van der Waals surface area contributed by atoms with Crippen molar-refractivity contribution in [1.29, 1.82) is 0 Å². The Kier molecular flexibility index (Phi) is 10.3. The summed E-state index contributed by atoms with van der Waals surface area (Å²) in [4.78, 5) is 5.06. The minimum absolute atomic E-state index is 0.433. The third-order valence-corrected chi connectivity index (χ3v) is 4.71. The molecule has 0 aromatic heterocycles. The molecule has 0 bridgehead atoms. The van der Waals surface area contributed by atoms with Gasteiger partial charge in [0.1, 0.15) is 0 Å². The standard InChI is InChI=1S/C17H37N3O/c1-5-19(6-2)12-9-13-20(7-3)14-11-18-16(4)17-10-8-15-21-17/h16-18H,5-15H2,1-4H3. The molecule has 2 unspecified atom stereocenters. The summed E-state index contributed by atoms with van der Waals surface area (Å²) in [6, 6.07) is 0.488. The normalized spacial score (nSPS) is 20.6. The highest BCUT2D eigenvalue weighted by molar-refractivity contribution is 4.77. The van der Waals surface area contributed by atoms with Crippen LogP contribution in [0, 0.1) is 0 Å². The SMILES string of the molecule is CCN(CC)CCCN(CC)CCNC(C)C1CCCO1. The Morgan fingerprint density at radius 1 is 1.05 bits per heavy atom. The van der Waals surface area contributed by atoms with Crippen molar-refractivity contribution < 1.29 is 4.74 Å². The molecule has 1 aliphatic rings. The van der Waals surface area contributed by atoms with Gasteiger partial charge in [-0.2, -0.15) is 0 Å². The molecule has 0 saturated carbocycles. The molecule has 0 aromatic carbocycles. The third kappa shape index (κ3) is 7.59. The first-order valence-corrected chi connectivity index (χ1v) is 9.00. The van der Waals surface area contributed by atoms with Crippen molar-refractivity contribution in [2.24, 2.45) is 0 Å². The van der Waals surface area contributed by atoms with E-state index in [1.165, 1.54) is 45.4 Å². The van der Waals surface area contributed by atoms with Crippen molar-refractivity contribution in [2.75, 3.05) is 52.4 Å². The van der Waals surface area contributed by atoms with Crippen LogP contribution in [-0.2, 0) is 4.74 Å². The Balaban J connectivity index is 2.09. The molecule has 1 fully saturated rings. The highest BCUT2D eigenvalue weighted by Gasteiger charge is 2.21. The monoisotopic (exact) mass is 299 g/mol. The van der Waals surface area contributed by atoms with Crippen molar-refractivity contribution in [3.05, 3.63) is 0 Å². The van der Waals surface area contributed by atoms with Crippen LogP contribution in [0.5, 0.6) is 0 Å². The molecule has 0 aliphatic carbocycles. The first kappa shape index (κ1) is 18.9. The topological polar surface area (TPSA) is 27.7 Å². The zero-order chi connectivity index (χ0) is 15.5. The van der Waals surface area contributed by atoms with Crippen molar-refractivity contribution in [2.45, 2.75) is 59.1 Å². The van der Waals surface area contributed by atoms with E-state index in [-0.39, 0.29) is 0 Å². The predicted molar refractivity (Wildman–Crippen MR) is 91.0 cm³/mol.